The zero-order valence-electron chi connectivity index (χ0n) is 30.7. The van der Waals surface area contributed by atoms with Crippen LogP contribution in [-0.2, 0) is 22.6 Å². The minimum atomic E-state index is -0.572. The van der Waals surface area contributed by atoms with Gasteiger partial charge in [-0.2, -0.15) is 4.98 Å². The Hall–Kier alpha value is -4.20. The predicted molar refractivity (Wildman–Crippen MR) is 194 cm³/mol. The quantitative estimate of drug-likeness (QED) is 0.211. The smallest absolute Gasteiger partial charge is 0.410 e. The second-order valence-corrected chi connectivity index (χ2v) is 15.4. The van der Waals surface area contributed by atoms with Crippen LogP contribution in [0, 0.1) is 0 Å². The molecule has 0 unspecified atom stereocenters. The van der Waals surface area contributed by atoms with E-state index in [9.17, 15) is 9.59 Å². The van der Waals surface area contributed by atoms with E-state index in [1.165, 1.54) is 32.1 Å². The van der Waals surface area contributed by atoms with Crippen molar-refractivity contribution < 1.29 is 19.1 Å². The van der Waals surface area contributed by atoms with Gasteiger partial charge in [-0.1, -0.05) is 36.6 Å². The summed E-state index contributed by atoms with van der Waals surface area (Å²) in [5, 5.41) is 20.1. The van der Waals surface area contributed by atoms with Gasteiger partial charge >= 0.3 is 12.2 Å². The highest BCUT2D eigenvalue weighted by atomic mass is 16.6. The SMILES string of the molecule is CC(C)(C)OC(=O)N1CCC(Nc2nc(NCc3cn(CCN(CCNC4CCCCC4)C(=O)OC(C)(C)C)nn3)nc3ccccc23)CC1. The summed E-state index contributed by atoms with van der Waals surface area (Å²) in [5.41, 5.74) is 0.465. The Labute approximate surface area is 296 Å². The number of carbonyl (C=O) groups is 2. The molecule has 0 bridgehead atoms. The van der Waals surface area contributed by atoms with Crippen molar-refractivity contribution in [2.24, 2.45) is 0 Å². The number of aromatic nitrogens is 5. The monoisotopic (exact) mass is 692 g/mol. The number of piperidine rings is 1. The molecule has 14 heteroatoms. The highest BCUT2D eigenvalue weighted by molar-refractivity contribution is 5.90. The number of nitrogens with zero attached hydrogens (tertiary/aromatic N) is 7. The first kappa shape index (κ1) is 37.1. The van der Waals surface area contributed by atoms with Crippen LogP contribution in [0.3, 0.4) is 0 Å². The van der Waals surface area contributed by atoms with Crippen molar-refractivity contribution in [2.75, 3.05) is 43.4 Å². The summed E-state index contributed by atoms with van der Waals surface area (Å²) in [6.07, 6.45) is 9.08. The van der Waals surface area contributed by atoms with Crippen molar-refractivity contribution in [3.8, 4) is 0 Å². The number of hydrogen-bond acceptors (Lipinski definition) is 11. The lowest BCUT2D eigenvalue weighted by Gasteiger charge is -2.34. The van der Waals surface area contributed by atoms with Crippen LogP contribution in [0.2, 0.25) is 0 Å². The Bertz CT molecular complexity index is 1550. The van der Waals surface area contributed by atoms with Gasteiger partial charge in [0.1, 0.15) is 22.7 Å². The number of likely N-dealkylation sites (tertiary alicyclic amines) is 1. The minimum absolute atomic E-state index is 0.156. The van der Waals surface area contributed by atoms with Crippen molar-refractivity contribution in [3.05, 3.63) is 36.2 Å². The molecule has 0 atom stereocenters. The molecular weight excluding hydrogens is 636 g/mol. The van der Waals surface area contributed by atoms with E-state index in [0.29, 0.717) is 51.3 Å². The third-order valence-corrected chi connectivity index (χ3v) is 8.78. The van der Waals surface area contributed by atoms with E-state index >= 15 is 0 Å². The Balaban J connectivity index is 1.15. The fourth-order valence-electron chi connectivity index (χ4n) is 6.24. The molecule has 1 aliphatic heterocycles. The topological polar surface area (TPSA) is 152 Å². The number of anilines is 2. The number of benzene rings is 1. The summed E-state index contributed by atoms with van der Waals surface area (Å²) >= 11 is 0. The Morgan fingerprint density at radius 3 is 2.34 bits per heavy atom. The van der Waals surface area contributed by atoms with Crippen molar-refractivity contribution in [2.45, 2.75) is 123 Å². The molecule has 0 spiro atoms. The largest absolute Gasteiger partial charge is 0.444 e. The van der Waals surface area contributed by atoms with E-state index in [4.69, 9.17) is 19.4 Å². The van der Waals surface area contributed by atoms with Crippen LogP contribution in [0.1, 0.15) is 92.2 Å². The number of fused-ring (bicyclic) bond motifs is 1. The second kappa shape index (κ2) is 16.7. The van der Waals surface area contributed by atoms with E-state index in [0.717, 1.165) is 41.8 Å². The molecule has 1 saturated heterocycles. The maximum absolute atomic E-state index is 13.0. The molecule has 3 aromatic rings. The molecule has 14 nitrogen and oxygen atoms in total. The lowest BCUT2D eigenvalue weighted by Crippen LogP contribution is -2.44. The maximum atomic E-state index is 13.0. The second-order valence-electron chi connectivity index (χ2n) is 15.4. The summed E-state index contributed by atoms with van der Waals surface area (Å²) in [4.78, 5) is 38.7. The standard InChI is InChI=1S/C36H56N10O4/c1-35(2,3)49-33(47)44-19-16-27(17-20-44)39-31-29-14-10-11-15-30(29)40-32(41-31)38-24-28-25-46(43-42-28)23-22-45(34(48)50-36(4,5)6)21-18-37-26-12-8-7-9-13-26/h10-11,14-15,25-27,37H,7-9,12-13,16-24H2,1-6H3,(H2,38,39,40,41). The van der Waals surface area contributed by atoms with Crippen LogP contribution >= 0.6 is 0 Å². The van der Waals surface area contributed by atoms with E-state index in [2.05, 4.69) is 26.3 Å². The molecule has 0 radical (unpaired) electrons. The zero-order valence-corrected chi connectivity index (χ0v) is 30.7. The first-order valence-electron chi connectivity index (χ1n) is 18.2. The van der Waals surface area contributed by atoms with Gasteiger partial charge in [-0.05, 0) is 79.4 Å². The van der Waals surface area contributed by atoms with Gasteiger partial charge in [0.15, 0.2) is 0 Å². The molecule has 50 heavy (non-hydrogen) atoms. The summed E-state index contributed by atoms with van der Waals surface area (Å²) in [5.74, 6) is 1.23. The third-order valence-electron chi connectivity index (χ3n) is 8.78. The van der Waals surface area contributed by atoms with E-state index in [1.54, 1.807) is 14.5 Å². The van der Waals surface area contributed by atoms with Crippen LogP contribution in [0.25, 0.3) is 10.9 Å². The molecule has 3 N–H and O–H groups in total. The zero-order chi connectivity index (χ0) is 35.7. The normalized spacial score (nSPS) is 16.3. The van der Waals surface area contributed by atoms with Crippen molar-refractivity contribution >= 4 is 34.9 Å². The Morgan fingerprint density at radius 2 is 1.62 bits per heavy atom. The first-order valence-corrected chi connectivity index (χ1v) is 18.2. The molecule has 2 amide bonds. The summed E-state index contributed by atoms with van der Waals surface area (Å²) in [7, 11) is 0. The predicted octanol–water partition coefficient (Wildman–Crippen LogP) is 5.80. The fourth-order valence-corrected chi connectivity index (χ4v) is 6.24. The molecule has 1 aliphatic carbocycles. The van der Waals surface area contributed by atoms with Gasteiger partial charge in [-0.25, -0.2) is 14.6 Å². The van der Waals surface area contributed by atoms with Crippen LogP contribution in [-0.4, -0.2) is 103 Å². The van der Waals surface area contributed by atoms with Crippen LogP contribution < -0.4 is 16.0 Å². The number of carbonyl (C=O) groups excluding carboxylic acids is 2. The average Bonchev–Trinajstić information content (AvgIpc) is 3.52. The molecule has 2 fully saturated rings. The average molecular weight is 693 g/mol. The molecular formula is C36H56N10O4. The van der Waals surface area contributed by atoms with Gasteiger partial charge in [-0.3, -0.25) is 4.68 Å². The third kappa shape index (κ3) is 11.4. The number of amides is 2. The van der Waals surface area contributed by atoms with Crippen molar-refractivity contribution in [3.63, 3.8) is 0 Å². The van der Waals surface area contributed by atoms with Gasteiger partial charge in [0.25, 0.3) is 0 Å². The highest BCUT2D eigenvalue weighted by Crippen LogP contribution is 2.25. The van der Waals surface area contributed by atoms with Gasteiger partial charge in [0, 0.05) is 50.2 Å². The summed E-state index contributed by atoms with van der Waals surface area (Å²) in [6.45, 7) is 15.1. The number of hydrogen-bond donors (Lipinski definition) is 3. The highest BCUT2D eigenvalue weighted by Gasteiger charge is 2.28. The number of ether oxygens (including phenoxy) is 2. The lowest BCUT2D eigenvalue weighted by atomic mass is 9.95. The van der Waals surface area contributed by atoms with Crippen LogP contribution in [0.15, 0.2) is 30.5 Å². The minimum Gasteiger partial charge on any atom is -0.444 e. The van der Waals surface area contributed by atoms with E-state index in [-0.39, 0.29) is 18.2 Å². The first-order chi connectivity index (χ1) is 23.8. The number of rotatable bonds is 12. The van der Waals surface area contributed by atoms with E-state index < -0.39 is 11.2 Å². The molecule has 1 saturated carbocycles. The van der Waals surface area contributed by atoms with Crippen molar-refractivity contribution in [1.29, 1.82) is 0 Å². The lowest BCUT2D eigenvalue weighted by molar-refractivity contribution is 0.0207. The molecule has 274 valence electrons. The maximum Gasteiger partial charge on any atom is 0.410 e. The van der Waals surface area contributed by atoms with Gasteiger partial charge in [-0.15, -0.1) is 5.10 Å². The molecule has 3 heterocycles. The van der Waals surface area contributed by atoms with Crippen molar-refractivity contribution in [1.82, 2.24) is 40.1 Å². The van der Waals surface area contributed by atoms with Crippen LogP contribution in [0.5, 0.6) is 0 Å². The van der Waals surface area contributed by atoms with Crippen LogP contribution in [0.4, 0.5) is 21.4 Å². The molecule has 2 aromatic heterocycles. The van der Waals surface area contributed by atoms with E-state index in [1.807, 2.05) is 72.0 Å². The Kier molecular flexibility index (Phi) is 12.4. The summed E-state index contributed by atoms with van der Waals surface area (Å²) < 4.78 is 13.0. The van der Waals surface area contributed by atoms with Gasteiger partial charge < -0.3 is 35.2 Å². The fraction of sp³-hybridized carbons (Fsp3) is 0.667. The molecule has 1 aromatic carbocycles. The number of nitrogens with one attached hydrogen (secondary N) is 3. The molecule has 2 aliphatic rings. The molecule has 5 rings (SSSR count). The summed E-state index contributed by atoms with van der Waals surface area (Å²) in [6, 6.07) is 8.59. The van der Waals surface area contributed by atoms with Gasteiger partial charge in [0.2, 0.25) is 5.95 Å². The van der Waals surface area contributed by atoms with Gasteiger partial charge in [0.05, 0.1) is 24.8 Å². The Morgan fingerprint density at radius 1 is 0.900 bits per heavy atom. The number of para-hydroxylation sites is 1.